The maximum Gasteiger partial charge on any atom is 0.146 e. The predicted molar refractivity (Wildman–Crippen MR) is 92.7 cm³/mol. The molecule has 0 saturated carbocycles. The van der Waals surface area contributed by atoms with E-state index in [-0.39, 0.29) is 0 Å². The third kappa shape index (κ3) is 4.89. The number of hydrogen-bond donors (Lipinski definition) is 1. The van der Waals surface area contributed by atoms with Gasteiger partial charge in [-0.1, -0.05) is 52.1 Å². The van der Waals surface area contributed by atoms with Gasteiger partial charge in [0.25, 0.3) is 0 Å². The number of nitrogens with one attached hydrogen (secondary N) is 1. The van der Waals surface area contributed by atoms with E-state index in [1.165, 1.54) is 0 Å². The SMILES string of the molecule is CCCNCc1ccc(Oc2ccc(Br)cc2Cl)cc1Cl. The molecule has 0 heterocycles. The van der Waals surface area contributed by atoms with Gasteiger partial charge in [0.15, 0.2) is 0 Å². The van der Waals surface area contributed by atoms with Gasteiger partial charge in [0.1, 0.15) is 11.5 Å². The molecule has 0 aliphatic rings. The fourth-order valence-electron chi connectivity index (χ4n) is 1.82. The van der Waals surface area contributed by atoms with Crippen LogP contribution >= 0.6 is 39.1 Å². The normalized spacial score (nSPS) is 10.7. The smallest absolute Gasteiger partial charge is 0.146 e. The minimum atomic E-state index is 0.550. The molecule has 0 aliphatic heterocycles. The van der Waals surface area contributed by atoms with Crippen molar-refractivity contribution in [2.75, 3.05) is 6.54 Å². The van der Waals surface area contributed by atoms with Crippen LogP contribution in [0, 0.1) is 0 Å². The zero-order valence-corrected chi connectivity index (χ0v) is 14.7. The topological polar surface area (TPSA) is 21.3 Å². The van der Waals surface area contributed by atoms with Crippen molar-refractivity contribution in [3.05, 3.63) is 56.5 Å². The van der Waals surface area contributed by atoms with Crippen LogP contribution in [0.25, 0.3) is 0 Å². The molecule has 0 spiro atoms. The number of benzene rings is 2. The van der Waals surface area contributed by atoms with Crippen LogP contribution in [0.2, 0.25) is 10.0 Å². The van der Waals surface area contributed by atoms with E-state index in [4.69, 9.17) is 27.9 Å². The van der Waals surface area contributed by atoms with Crippen molar-refractivity contribution in [1.82, 2.24) is 5.32 Å². The van der Waals surface area contributed by atoms with Gasteiger partial charge >= 0.3 is 0 Å². The molecule has 0 radical (unpaired) electrons. The van der Waals surface area contributed by atoms with Crippen molar-refractivity contribution >= 4 is 39.1 Å². The minimum absolute atomic E-state index is 0.550. The summed E-state index contributed by atoms with van der Waals surface area (Å²) in [5.41, 5.74) is 1.05. The summed E-state index contributed by atoms with van der Waals surface area (Å²) in [6.07, 6.45) is 1.10. The van der Waals surface area contributed by atoms with Crippen LogP contribution in [0.1, 0.15) is 18.9 Å². The van der Waals surface area contributed by atoms with Crippen molar-refractivity contribution in [1.29, 1.82) is 0 Å². The molecule has 0 fully saturated rings. The Morgan fingerprint density at radius 3 is 2.57 bits per heavy atom. The molecule has 0 unspecified atom stereocenters. The van der Waals surface area contributed by atoms with Crippen LogP contribution < -0.4 is 10.1 Å². The van der Waals surface area contributed by atoms with E-state index in [1.807, 2.05) is 30.3 Å². The van der Waals surface area contributed by atoms with Crippen LogP contribution in [0.5, 0.6) is 11.5 Å². The zero-order valence-electron chi connectivity index (χ0n) is 11.6. The molecule has 0 saturated heterocycles. The number of hydrogen-bond acceptors (Lipinski definition) is 2. The van der Waals surface area contributed by atoms with Gasteiger partial charge in [-0.2, -0.15) is 0 Å². The Morgan fingerprint density at radius 2 is 1.90 bits per heavy atom. The highest BCUT2D eigenvalue weighted by Crippen LogP contribution is 2.33. The Bertz CT molecular complexity index is 619. The van der Waals surface area contributed by atoms with E-state index in [0.29, 0.717) is 21.5 Å². The molecule has 5 heteroatoms. The lowest BCUT2D eigenvalue weighted by Gasteiger charge is -2.11. The van der Waals surface area contributed by atoms with Gasteiger partial charge in [-0.05, 0) is 48.9 Å². The standard InChI is InChI=1S/C16H16BrCl2NO/c1-2-7-20-10-11-3-5-13(9-14(11)18)21-16-6-4-12(17)8-15(16)19/h3-6,8-9,20H,2,7,10H2,1H3. The summed E-state index contributed by atoms with van der Waals surface area (Å²) in [6, 6.07) is 11.2. The van der Waals surface area contributed by atoms with E-state index < -0.39 is 0 Å². The number of ether oxygens (including phenoxy) is 1. The second kappa shape index (κ2) is 8.04. The summed E-state index contributed by atoms with van der Waals surface area (Å²) >= 11 is 15.8. The Kier molecular flexibility index (Phi) is 6.37. The van der Waals surface area contributed by atoms with Crippen LogP contribution in [0.4, 0.5) is 0 Å². The quantitative estimate of drug-likeness (QED) is 0.608. The lowest BCUT2D eigenvalue weighted by molar-refractivity contribution is 0.482. The molecule has 21 heavy (non-hydrogen) atoms. The first-order valence-electron chi connectivity index (χ1n) is 6.72. The zero-order chi connectivity index (χ0) is 15.2. The summed E-state index contributed by atoms with van der Waals surface area (Å²) in [6.45, 7) is 3.86. The largest absolute Gasteiger partial charge is 0.456 e. The average molecular weight is 389 g/mol. The first-order chi connectivity index (χ1) is 10.1. The highest BCUT2D eigenvalue weighted by atomic mass is 79.9. The van der Waals surface area contributed by atoms with Crippen molar-refractivity contribution in [3.8, 4) is 11.5 Å². The molecule has 2 nitrogen and oxygen atoms in total. The van der Waals surface area contributed by atoms with Gasteiger partial charge in [0, 0.05) is 16.0 Å². The monoisotopic (exact) mass is 387 g/mol. The fraction of sp³-hybridized carbons (Fsp3) is 0.250. The second-order valence-corrected chi connectivity index (χ2v) is 6.34. The van der Waals surface area contributed by atoms with Gasteiger partial charge < -0.3 is 10.1 Å². The van der Waals surface area contributed by atoms with Crippen LogP contribution in [-0.4, -0.2) is 6.54 Å². The third-order valence-electron chi connectivity index (χ3n) is 2.89. The number of rotatable bonds is 6. The Labute approximate surface area is 143 Å². The maximum atomic E-state index is 6.28. The summed E-state index contributed by atoms with van der Waals surface area (Å²) in [5, 5.41) is 4.56. The second-order valence-electron chi connectivity index (χ2n) is 4.61. The van der Waals surface area contributed by atoms with E-state index in [1.54, 1.807) is 6.07 Å². The molecular formula is C16H16BrCl2NO. The van der Waals surface area contributed by atoms with Gasteiger partial charge in [-0.3, -0.25) is 0 Å². The van der Waals surface area contributed by atoms with Gasteiger partial charge in [0.05, 0.1) is 5.02 Å². The minimum Gasteiger partial charge on any atom is -0.456 e. The number of halogens is 3. The third-order valence-corrected chi connectivity index (χ3v) is 4.03. The van der Waals surface area contributed by atoms with E-state index in [0.717, 1.165) is 29.5 Å². The van der Waals surface area contributed by atoms with Gasteiger partial charge in [0.2, 0.25) is 0 Å². The van der Waals surface area contributed by atoms with Crippen molar-refractivity contribution < 1.29 is 4.74 Å². The first kappa shape index (κ1) is 16.6. The van der Waals surface area contributed by atoms with E-state index >= 15 is 0 Å². The lowest BCUT2D eigenvalue weighted by Crippen LogP contribution is -2.13. The Morgan fingerprint density at radius 1 is 1.10 bits per heavy atom. The van der Waals surface area contributed by atoms with Crippen molar-refractivity contribution in [2.45, 2.75) is 19.9 Å². The predicted octanol–water partition coefficient (Wildman–Crippen LogP) is 6.05. The molecule has 0 aliphatic carbocycles. The molecule has 0 atom stereocenters. The van der Waals surface area contributed by atoms with Crippen LogP contribution in [0.3, 0.4) is 0 Å². The van der Waals surface area contributed by atoms with Gasteiger partial charge in [-0.15, -0.1) is 0 Å². The highest BCUT2D eigenvalue weighted by molar-refractivity contribution is 9.10. The molecule has 2 rings (SSSR count). The molecule has 1 N–H and O–H groups in total. The molecule has 0 bridgehead atoms. The van der Waals surface area contributed by atoms with Gasteiger partial charge in [-0.25, -0.2) is 0 Å². The van der Waals surface area contributed by atoms with Crippen LogP contribution in [0.15, 0.2) is 40.9 Å². The van der Waals surface area contributed by atoms with Crippen LogP contribution in [-0.2, 0) is 6.54 Å². The molecular weight excluding hydrogens is 373 g/mol. The van der Waals surface area contributed by atoms with E-state index in [2.05, 4.69) is 28.2 Å². The Hall–Kier alpha value is -0.740. The van der Waals surface area contributed by atoms with Crippen molar-refractivity contribution in [3.63, 3.8) is 0 Å². The molecule has 2 aromatic carbocycles. The Balaban J connectivity index is 2.09. The molecule has 0 aromatic heterocycles. The molecule has 2 aromatic rings. The summed E-state index contributed by atoms with van der Waals surface area (Å²) in [7, 11) is 0. The summed E-state index contributed by atoms with van der Waals surface area (Å²) in [4.78, 5) is 0. The summed E-state index contributed by atoms with van der Waals surface area (Å²) < 4.78 is 6.68. The first-order valence-corrected chi connectivity index (χ1v) is 8.27. The molecule has 0 amide bonds. The lowest BCUT2D eigenvalue weighted by atomic mass is 10.2. The molecule has 112 valence electrons. The highest BCUT2D eigenvalue weighted by Gasteiger charge is 2.06. The fourth-order valence-corrected chi connectivity index (χ4v) is 2.77. The average Bonchev–Trinajstić information content (AvgIpc) is 2.44. The maximum absolute atomic E-state index is 6.28. The summed E-state index contributed by atoms with van der Waals surface area (Å²) in [5.74, 6) is 1.27. The van der Waals surface area contributed by atoms with Crippen molar-refractivity contribution in [2.24, 2.45) is 0 Å². The van der Waals surface area contributed by atoms with E-state index in [9.17, 15) is 0 Å².